The molecule has 1 aliphatic rings. The largest absolute Gasteiger partial charge is 0.493 e. The molecule has 7 heteroatoms. The lowest BCUT2D eigenvalue weighted by atomic mass is 9.85. The minimum absolute atomic E-state index is 0.0516. The minimum atomic E-state index is -0.134. The van der Waals surface area contributed by atoms with E-state index in [4.69, 9.17) is 32.7 Å². The van der Waals surface area contributed by atoms with E-state index < -0.39 is 0 Å². The number of carbonyl (C=O) groups is 1. The number of piperidine rings is 1. The Hall–Kier alpha value is -2.73. The highest BCUT2D eigenvalue weighted by Gasteiger charge is 2.27. The number of nitrogens with one attached hydrogen (secondary N) is 2. The first-order valence-corrected chi connectivity index (χ1v) is 12.6. The fourth-order valence-corrected chi connectivity index (χ4v) is 4.96. The average molecular weight is 513 g/mol. The van der Waals surface area contributed by atoms with E-state index in [1.54, 1.807) is 37.4 Å². The zero-order valence-corrected chi connectivity index (χ0v) is 21.2. The molecule has 3 aromatic carbocycles. The van der Waals surface area contributed by atoms with Gasteiger partial charge in [0.05, 0.1) is 19.8 Å². The van der Waals surface area contributed by atoms with E-state index in [1.807, 2.05) is 24.3 Å². The number of carbonyl (C=O) groups excluding carboxylic acids is 1. The Morgan fingerprint density at radius 3 is 2.51 bits per heavy atom. The van der Waals surface area contributed by atoms with Crippen LogP contribution in [0.15, 0.2) is 66.7 Å². The molecule has 3 aromatic rings. The van der Waals surface area contributed by atoms with E-state index in [9.17, 15) is 4.79 Å². The molecule has 0 aliphatic carbocycles. The summed E-state index contributed by atoms with van der Waals surface area (Å²) in [6.45, 7) is 2.30. The first-order chi connectivity index (χ1) is 17.0. The number of halogens is 2. The van der Waals surface area contributed by atoms with Crippen LogP contribution in [0.3, 0.4) is 0 Å². The standard InChI is InChI=1S/C28H30Cl2N2O3/c1-34-25-10-8-22(17-26(25)35-16-13-19-7-9-23(29)18-24(19)30)28(33)32-27(20-5-3-2-4-6-20)21-11-14-31-15-12-21/h2-10,17-18,21,27,31H,11-16H2,1H3,(H,32,33). The molecule has 2 N–H and O–H groups in total. The van der Waals surface area contributed by atoms with E-state index in [1.165, 1.54) is 0 Å². The Morgan fingerprint density at radius 1 is 1.03 bits per heavy atom. The number of amides is 1. The van der Waals surface area contributed by atoms with Crippen molar-refractivity contribution in [1.82, 2.24) is 10.6 Å². The zero-order valence-electron chi connectivity index (χ0n) is 19.7. The van der Waals surface area contributed by atoms with Crippen LogP contribution in [0, 0.1) is 5.92 Å². The fraction of sp³-hybridized carbons (Fsp3) is 0.321. The molecule has 1 atom stereocenters. The molecule has 1 amide bonds. The van der Waals surface area contributed by atoms with Crippen LogP contribution < -0.4 is 20.1 Å². The van der Waals surface area contributed by atoms with Crippen LogP contribution in [-0.2, 0) is 6.42 Å². The highest BCUT2D eigenvalue weighted by atomic mass is 35.5. The Labute approximate surface area is 216 Å². The molecule has 1 heterocycles. The first-order valence-electron chi connectivity index (χ1n) is 11.9. The van der Waals surface area contributed by atoms with E-state index in [0.717, 1.165) is 37.1 Å². The fourth-order valence-electron chi connectivity index (χ4n) is 4.46. The Morgan fingerprint density at radius 2 is 1.80 bits per heavy atom. The minimum Gasteiger partial charge on any atom is -0.493 e. The number of ether oxygens (including phenoxy) is 2. The van der Waals surface area contributed by atoms with Gasteiger partial charge in [0.25, 0.3) is 5.91 Å². The molecule has 0 saturated carbocycles. The third-order valence-corrected chi connectivity index (χ3v) is 6.96. The van der Waals surface area contributed by atoms with Crippen LogP contribution in [0.5, 0.6) is 11.5 Å². The molecule has 0 spiro atoms. The maximum atomic E-state index is 13.3. The lowest BCUT2D eigenvalue weighted by Gasteiger charge is -2.32. The van der Waals surface area contributed by atoms with Crippen molar-refractivity contribution in [3.8, 4) is 11.5 Å². The second-order valence-electron chi connectivity index (χ2n) is 8.65. The molecule has 5 nitrogen and oxygen atoms in total. The van der Waals surface area contributed by atoms with Gasteiger partial charge < -0.3 is 20.1 Å². The molecule has 1 aliphatic heterocycles. The second-order valence-corrected chi connectivity index (χ2v) is 9.49. The van der Waals surface area contributed by atoms with Crippen LogP contribution in [0.1, 0.15) is 40.4 Å². The highest BCUT2D eigenvalue weighted by Crippen LogP contribution is 2.32. The normalized spacial score (nSPS) is 14.8. The number of hydrogen-bond acceptors (Lipinski definition) is 4. The lowest BCUT2D eigenvalue weighted by Crippen LogP contribution is -2.38. The summed E-state index contributed by atoms with van der Waals surface area (Å²) >= 11 is 12.3. The molecule has 184 valence electrons. The zero-order chi connectivity index (χ0) is 24.6. The Balaban J connectivity index is 1.48. The van der Waals surface area contributed by atoms with E-state index >= 15 is 0 Å². The highest BCUT2D eigenvalue weighted by molar-refractivity contribution is 6.35. The number of rotatable bonds is 9. The topological polar surface area (TPSA) is 59.6 Å². The third-order valence-electron chi connectivity index (χ3n) is 6.37. The predicted octanol–water partition coefficient (Wildman–Crippen LogP) is 6.09. The quantitative estimate of drug-likeness (QED) is 0.363. The van der Waals surface area contributed by atoms with Crippen LogP contribution in [0.2, 0.25) is 10.0 Å². The van der Waals surface area contributed by atoms with Gasteiger partial charge in [0.2, 0.25) is 0 Å². The monoisotopic (exact) mass is 512 g/mol. The van der Waals surface area contributed by atoms with Crippen molar-refractivity contribution in [3.63, 3.8) is 0 Å². The molecular weight excluding hydrogens is 483 g/mol. The summed E-state index contributed by atoms with van der Waals surface area (Å²) in [6, 6.07) is 20.8. The molecular formula is C28H30Cl2N2O3. The molecule has 4 rings (SSSR count). The van der Waals surface area contributed by atoms with Gasteiger partial charge in [0.15, 0.2) is 11.5 Å². The SMILES string of the molecule is COc1ccc(C(=O)NC(c2ccccc2)C2CCNCC2)cc1OCCc1ccc(Cl)cc1Cl. The van der Waals surface area contributed by atoms with Crippen LogP contribution >= 0.6 is 23.2 Å². The summed E-state index contributed by atoms with van der Waals surface area (Å²) in [4.78, 5) is 13.3. The van der Waals surface area contributed by atoms with Crippen molar-refractivity contribution in [2.24, 2.45) is 5.92 Å². The van der Waals surface area contributed by atoms with Crippen molar-refractivity contribution in [1.29, 1.82) is 0 Å². The van der Waals surface area contributed by atoms with Gasteiger partial charge in [-0.15, -0.1) is 0 Å². The summed E-state index contributed by atoms with van der Waals surface area (Å²) < 4.78 is 11.5. The summed E-state index contributed by atoms with van der Waals surface area (Å²) in [7, 11) is 1.58. The average Bonchev–Trinajstić information content (AvgIpc) is 2.89. The van der Waals surface area contributed by atoms with Gasteiger partial charge in [-0.3, -0.25) is 4.79 Å². The summed E-state index contributed by atoms with van der Waals surface area (Å²) in [5, 5.41) is 7.89. The van der Waals surface area contributed by atoms with Gasteiger partial charge in [0, 0.05) is 22.0 Å². The van der Waals surface area contributed by atoms with Gasteiger partial charge in [-0.2, -0.15) is 0 Å². The molecule has 0 radical (unpaired) electrons. The maximum absolute atomic E-state index is 13.3. The molecule has 0 bridgehead atoms. The van der Waals surface area contributed by atoms with Gasteiger partial charge in [0.1, 0.15) is 0 Å². The van der Waals surface area contributed by atoms with E-state index in [2.05, 4.69) is 22.8 Å². The summed E-state index contributed by atoms with van der Waals surface area (Å²) in [6.07, 6.45) is 2.63. The smallest absolute Gasteiger partial charge is 0.251 e. The summed E-state index contributed by atoms with van der Waals surface area (Å²) in [5.41, 5.74) is 2.59. The molecule has 1 saturated heterocycles. The molecule has 0 aromatic heterocycles. The lowest BCUT2D eigenvalue weighted by molar-refractivity contribution is 0.0913. The van der Waals surface area contributed by atoms with Crippen LogP contribution in [-0.4, -0.2) is 32.7 Å². The van der Waals surface area contributed by atoms with Gasteiger partial charge in [-0.25, -0.2) is 0 Å². The van der Waals surface area contributed by atoms with Crippen LogP contribution in [0.25, 0.3) is 0 Å². The summed E-state index contributed by atoms with van der Waals surface area (Å²) in [5.74, 6) is 1.33. The van der Waals surface area contributed by atoms with E-state index in [-0.39, 0.29) is 11.9 Å². The van der Waals surface area contributed by atoms with Crippen LogP contribution in [0.4, 0.5) is 0 Å². The van der Waals surface area contributed by atoms with Crippen molar-refractivity contribution in [2.75, 3.05) is 26.8 Å². The third kappa shape index (κ3) is 6.69. The van der Waals surface area contributed by atoms with Gasteiger partial charge >= 0.3 is 0 Å². The van der Waals surface area contributed by atoms with Gasteiger partial charge in [-0.1, -0.05) is 59.6 Å². The molecule has 1 unspecified atom stereocenters. The predicted molar refractivity (Wildman–Crippen MR) is 141 cm³/mol. The van der Waals surface area contributed by atoms with Crippen molar-refractivity contribution < 1.29 is 14.3 Å². The number of benzene rings is 3. The second kappa shape index (κ2) is 12.3. The van der Waals surface area contributed by atoms with Crippen molar-refractivity contribution in [2.45, 2.75) is 25.3 Å². The van der Waals surface area contributed by atoms with Crippen molar-refractivity contribution in [3.05, 3.63) is 93.5 Å². The first kappa shape index (κ1) is 25.4. The van der Waals surface area contributed by atoms with Gasteiger partial charge in [-0.05, 0) is 73.3 Å². The number of hydrogen-bond donors (Lipinski definition) is 2. The molecule has 1 fully saturated rings. The Bertz CT molecular complexity index is 1130. The van der Waals surface area contributed by atoms with Crippen molar-refractivity contribution >= 4 is 29.1 Å². The maximum Gasteiger partial charge on any atom is 0.251 e. The molecule has 35 heavy (non-hydrogen) atoms. The van der Waals surface area contributed by atoms with E-state index in [0.29, 0.717) is 46.1 Å². The number of methoxy groups -OCH3 is 1. The Kier molecular flexibility index (Phi) is 8.91.